The van der Waals surface area contributed by atoms with Crippen LogP contribution in [-0.2, 0) is 39.8 Å². The third-order valence-corrected chi connectivity index (χ3v) is 14.1. The standard InChI is InChI=1S/C30H34N2O10S.C8H14O4S.CH4O/c1-11-7-14-8-15-29(37)32-16-9-41-30(38)17(34)10-43-28(22(32)21(31(15)4)18(14)23(35)25(11)39-5)20-19(16)24(36)27(40-6)12(2)26(20)42-13(3)33;1-5-6(2)13-4-8(10,11-3)7(9)12-5;1-2/h7,15-16,21-22,28-29,35-37H,8-10H2,1-6H3;5-6,10H,4H2,1-3H3;2H,1H3. The van der Waals surface area contributed by atoms with Crippen LogP contribution in [0.1, 0.15) is 71.5 Å². The number of methoxy groups -OCH3 is 3. The molecule has 7 rings (SSSR count). The first-order chi connectivity index (χ1) is 27.4. The molecule has 0 spiro atoms. The molecule has 0 saturated carbocycles. The molecule has 0 amide bonds. The number of aromatic hydroxyl groups is 2. The Morgan fingerprint density at radius 3 is 2.21 bits per heavy atom. The number of phenolic OH excluding ortho intramolecular Hbond substituents is 2. The van der Waals surface area contributed by atoms with Crippen LogP contribution in [-0.4, -0.2) is 148 Å². The zero-order valence-corrected chi connectivity index (χ0v) is 35.7. The minimum Gasteiger partial charge on any atom is -0.504 e. The van der Waals surface area contributed by atoms with Crippen molar-refractivity contribution in [1.82, 2.24) is 9.80 Å². The lowest BCUT2D eigenvalue weighted by Crippen LogP contribution is -2.69. The summed E-state index contributed by atoms with van der Waals surface area (Å²) in [4.78, 5) is 53.0. The van der Waals surface area contributed by atoms with E-state index in [1.165, 1.54) is 40.0 Å². The number of thioether (sulfide) groups is 2. The van der Waals surface area contributed by atoms with Crippen LogP contribution in [0.5, 0.6) is 28.7 Å². The number of likely N-dealkylation sites (N-methyl/N-ethyl adjacent to an activating group) is 1. The third kappa shape index (κ3) is 7.71. The predicted molar refractivity (Wildman–Crippen MR) is 211 cm³/mol. The Hall–Kier alpha value is -3.82. The molecule has 5 N–H and O–H groups in total. The van der Waals surface area contributed by atoms with Crippen molar-refractivity contribution in [2.24, 2.45) is 0 Å². The molecule has 0 aromatic heterocycles. The van der Waals surface area contributed by atoms with Crippen LogP contribution in [0, 0.1) is 13.8 Å². The average Bonchev–Trinajstić information content (AvgIpc) is 3.28. The van der Waals surface area contributed by atoms with E-state index in [1.807, 2.05) is 31.9 Å². The largest absolute Gasteiger partial charge is 0.504 e. The lowest BCUT2D eigenvalue weighted by molar-refractivity contribution is -0.212. The Labute approximate surface area is 344 Å². The van der Waals surface area contributed by atoms with Crippen LogP contribution < -0.4 is 14.2 Å². The Kier molecular flexibility index (Phi) is 13.9. The molecule has 19 heteroatoms. The van der Waals surface area contributed by atoms with E-state index in [0.717, 1.165) is 30.0 Å². The number of carbonyl (C=O) groups excluding carboxylic acids is 4. The summed E-state index contributed by atoms with van der Waals surface area (Å²) in [6.45, 7) is 8.14. The summed E-state index contributed by atoms with van der Waals surface area (Å²) in [6, 6.07) is -0.625. The second kappa shape index (κ2) is 17.8. The fourth-order valence-electron chi connectivity index (χ4n) is 8.45. The van der Waals surface area contributed by atoms with E-state index in [-0.39, 0.29) is 58.0 Å². The number of rotatable bonds is 4. The Morgan fingerprint density at radius 2 is 1.60 bits per heavy atom. The van der Waals surface area contributed by atoms with Crippen LogP contribution in [0.4, 0.5) is 0 Å². The number of aryl methyl sites for hydroxylation is 1. The van der Waals surface area contributed by atoms with Gasteiger partial charge in [0.15, 0.2) is 23.0 Å². The van der Waals surface area contributed by atoms with E-state index < -0.39 is 65.1 Å². The molecule has 9 atom stereocenters. The number of fused-ring (bicyclic) bond motifs is 7. The number of benzene rings is 2. The molecule has 0 aliphatic carbocycles. The van der Waals surface area contributed by atoms with Gasteiger partial charge >= 0.3 is 17.9 Å². The van der Waals surface area contributed by atoms with E-state index in [4.69, 9.17) is 33.5 Å². The van der Waals surface area contributed by atoms with Crippen molar-refractivity contribution in [3.8, 4) is 28.7 Å². The van der Waals surface area contributed by atoms with Crippen molar-refractivity contribution >= 4 is 47.2 Å². The molecule has 0 radical (unpaired) electrons. The van der Waals surface area contributed by atoms with Crippen LogP contribution in [0.25, 0.3) is 0 Å². The molecule has 58 heavy (non-hydrogen) atoms. The number of Topliss-reactive ketones (excluding diaryl/α,β-unsaturated/α-hetero) is 1. The zero-order chi connectivity index (χ0) is 43.1. The molecule has 5 aliphatic heterocycles. The Balaban J connectivity index is 0.000000362. The second-order valence-corrected chi connectivity index (χ2v) is 17.0. The molecule has 17 nitrogen and oxygen atoms in total. The molecule has 320 valence electrons. The summed E-state index contributed by atoms with van der Waals surface area (Å²) in [5.74, 6) is -4.54. The molecule has 5 heterocycles. The maximum absolute atomic E-state index is 12.8. The summed E-state index contributed by atoms with van der Waals surface area (Å²) < 4.78 is 32.1. The average molecular weight is 853 g/mol. The highest BCUT2D eigenvalue weighted by molar-refractivity contribution is 8.00. The van der Waals surface area contributed by atoms with Gasteiger partial charge in [0, 0.05) is 54.7 Å². The molecule has 2 aromatic rings. The van der Waals surface area contributed by atoms with Gasteiger partial charge in [-0.2, -0.15) is 0 Å². The van der Waals surface area contributed by atoms with Crippen LogP contribution in [0.2, 0.25) is 0 Å². The summed E-state index contributed by atoms with van der Waals surface area (Å²) in [5, 5.41) is 51.4. The van der Waals surface area contributed by atoms with E-state index >= 15 is 0 Å². The monoisotopic (exact) mass is 852 g/mol. The van der Waals surface area contributed by atoms with E-state index in [0.29, 0.717) is 28.9 Å². The number of hydrogen-bond acceptors (Lipinski definition) is 19. The number of ketones is 1. The van der Waals surface area contributed by atoms with Crippen molar-refractivity contribution in [3.63, 3.8) is 0 Å². The van der Waals surface area contributed by atoms with Crippen molar-refractivity contribution in [2.45, 2.75) is 93.8 Å². The van der Waals surface area contributed by atoms with Gasteiger partial charge in [-0.25, -0.2) is 9.59 Å². The summed E-state index contributed by atoms with van der Waals surface area (Å²) in [6.07, 6.45) is -0.896. The van der Waals surface area contributed by atoms with Gasteiger partial charge in [-0.15, -0.1) is 23.5 Å². The molecule has 5 aliphatic rings. The van der Waals surface area contributed by atoms with E-state index in [9.17, 15) is 39.6 Å². The van der Waals surface area contributed by atoms with Crippen LogP contribution in [0.15, 0.2) is 6.07 Å². The number of cyclic esters (lactones) is 2. The number of ether oxygens (including phenoxy) is 6. The molecular weight excluding hydrogens is 801 g/mol. The maximum atomic E-state index is 12.8. The minimum absolute atomic E-state index is 0.0150. The SMILES string of the molecule is CO.COC1(O)CSC(C)C(C)OC1=O.COc1c(C)cc2c(c1O)C1C3C4SCC(=O)C(=O)OCC(c5c(O)c(OC)c(C)c(OC(C)=O)c54)N3C(O)C(C2)N1C. The normalized spacial score (nSPS) is 30.3. The molecular formula is C39H52N2O15S2. The second-order valence-electron chi connectivity index (χ2n) is 14.5. The minimum atomic E-state index is -1.77. The predicted octanol–water partition coefficient (Wildman–Crippen LogP) is 2.21. The van der Waals surface area contributed by atoms with Crippen molar-refractivity contribution in [2.75, 3.05) is 53.6 Å². The van der Waals surface area contributed by atoms with Crippen molar-refractivity contribution < 1.29 is 73.1 Å². The number of aliphatic hydroxyl groups is 3. The van der Waals surface area contributed by atoms with Gasteiger partial charge in [0.25, 0.3) is 5.79 Å². The van der Waals surface area contributed by atoms with Gasteiger partial charge in [0.2, 0.25) is 5.78 Å². The number of hydrogen-bond donors (Lipinski definition) is 5. The van der Waals surface area contributed by atoms with Gasteiger partial charge in [-0.1, -0.05) is 6.07 Å². The van der Waals surface area contributed by atoms with E-state index in [2.05, 4.69) is 0 Å². The quantitative estimate of drug-likeness (QED) is 0.128. The Bertz CT molecular complexity index is 1950. The lowest BCUT2D eigenvalue weighted by atomic mass is 9.73. The number of aliphatic hydroxyl groups excluding tert-OH is 2. The highest BCUT2D eigenvalue weighted by Crippen LogP contribution is 2.63. The van der Waals surface area contributed by atoms with Gasteiger partial charge in [-0.3, -0.25) is 19.4 Å². The molecule has 4 bridgehead atoms. The highest BCUT2D eigenvalue weighted by atomic mass is 32.2. The fourth-order valence-corrected chi connectivity index (χ4v) is 10.8. The lowest BCUT2D eigenvalue weighted by Gasteiger charge is -2.61. The first-order valence-corrected chi connectivity index (χ1v) is 20.6. The van der Waals surface area contributed by atoms with Crippen LogP contribution in [0.3, 0.4) is 0 Å². The van der Waals surface area contributed by atoms with Gasteiger partial charge < -0.3 is 54.0 Å². The third-order valence-electron chi connectivity index (χ3n) is 11.3. The van der Waals surface area contributed by atoms with Gasteiger partial charge in [0.1, 0.15) is 24.7 Å². The molecule has 3 saturated heterocycles. The number of nitrogens with zero attached hydrogens (tertiary/aromatic N) is 2. The van der Waals surface area contributed by atoms with E-state index in [1.54, 1.807) is 18.7 Å². The first kappa shape index (κ1) is 45.3. The maximum Gasteiger partial charge on any atom is 0.375 e. The van der Waals surface area contributed by atoms with Crippen LogP contribution >= 0.6 is 23.5 Å². The number of piperazine rings is 1. The van der Waals surface area contributed by atoms with Gasteiger partial charge in [-0.05, 0) is 52.3 Å². The molecule has 3 fully saturated rings. The first-order valence-electron chi connectivity index (χ1n) is 18.5. The number of esters is 3. The molecule has 2 aromatic carbocycles. The number of phenols is 2. The summed E-state index contributed by atoms with van der Waals surface area (Å²) in [7, 11) is 7.04. The topological polar surface area (TPSA) is 231 Å². The molecule has 9 unspecified atom stereocenters. The number of carbonyl (C=O) groups is 4. The zero-order valence-electron chi connectivity index (χ0n) is 34.1. The van der Waals surface area contributed by atoms with Crippen molar-refractivity contribution in [1.29, 1.82) is 0 Å². The Morgan fingerprint density at radius 1 is 0.966 bits per heavy atom. The van der Waals surface area contributed by atoms with Gasteiger partial charge in [0.05, 0.1) is 49.1 Å². The fraction of sp³-hybridized carbons (Fsp3) is 0.590. The summed E-state index contributed by atoms with van der Waals surface area (Å²) in [5.41, 5.74) is 3.33. The smallest absolute Gasteiger partial charge is 0.375 e. The van der Waals surface area contributed by atoms with Crippen molar-refractivity contribution in [3.05, 3.63) is 39.4 Å². The summed E-state index contributed by atoms with van der Waals surface area (Å²) >= 11 is 2.59. The highest BCUT2D eigenvalue weighted by Gasteiger charge is 2.60.